The quantitative estimate of drug-likeness (QED) is 0.850. The molecule has 1 aliphatic rings. The van der Waals surface area contributed by atoms with Crippen LogP contribution in [0.2, 0.25) is 0 Å². The molecule has 0 radical (unpaired) electrons. The summed E-state index contributed by atoms with van der Waals surface area (Å²) < 4.78 is 0. The monoisotopic (exact) mass is 290 g/mol. The number of amides is 2. The van der Waals surface area contributed by atoms with Crippen LogP contribution in [0.4, 0.5) is 0 Å². The van der Waals surface area contributed by atoms with Crippen LogP contribution in [0.1, 0.15) is 23.7 Å². The van der Waals surface area contributed by atoms with E-state index in [-0.39, 0.29) is 11.8 Å². The number of piperazine rings is 1. The molecule has 0 atom stereocenters. The zero-order chi connectivity index (χ0) is 15.1. The van der Waals surface area contributed by atoms with Crippen molar-refractivity contribution in [2.45, 2.75) is 13.3 Å². The molecular formula is C15H22N4O2. The number of nitrogens with one attached hydrogen (secondary N) is 1. The summed E-state index contributed by atoms with van der Waals surface area (Å²) in [5.41, 5.74) is 0.617. The van der Waals surface area contributed by atoms with Gasteiger partial charge < -0.3 is 10.2 Å². The summed E-state index contributed by atoms with van der Waals surface area (Å²) in [6.07, 6.45) is 4.19. The Morgan fingerprint density at radius 3 is 2.67 bits per heavy atom. The summed E-state index contributed by atoms with van der Waals surface area (Å²) in [7, 11) is 0. The third kappa shape index (κ3) is 4.53. The number of carbonyl (C=O) groups excluding carboxylic acids is 2. The van der Waals surface area contributed by atoms with Crippen LogP contribution >= 0.6 is 0 Å². The molecule has 1 saturated heterocycles. The van der Waals surface area contributed by atoms with Crippen molar-refractivity contribution in [1.29, 1.82) is 0 Å². The molecule has 0 aliphatic carbocycles. The Labute approximate surface area is 125 Å². The van der Waals surface area contributed by atoms with Crippen molar-refractivity contribution in [3.05, 3.63) is 30.1 Å². The number of nitrogens with zero attached hydrogens (tertiary/aromatic N) is 3. The molecule has 0 saturated carbocycles. The Bertz CT molecular complexity index is 470. The van der Waals surface area contributed by atoms with Crippen LogP contribution in [0, 0.1) is 0 Å². The maximum absolute atomic E-state index is 12.3. The Balaban J connectivity index is 1.78. The topological polar surface area (TPSA) is 65.5 Å². The molecule has 114 valence electrons. The zero-order valence-corrected chi connectivity index (χ0v) is 12.4. The van der Waals surface area contributed by atoms with Gasteiger partial charge in [-0.05, 0) is 18.6 Å². The number of aromatic nitrogens is 1. The fourth-order valence-electron chi connectivity index (χ4n) is 2.30. The van der Waals surface area contributed by atoms with E-state index in [1.807, 2.05) is 11.8 Å². The molecule has 2 rings (SSSR count). The van der Waals surface area contributed by atoms with E-state index >= 15 is 0 Å². The van der Waals surface area contributed by atoms with Gasteiger partial charge >= 0.3 is 0 Å². The van der Waals surface area contributed by atoms with Gasteiger partial charge in [-0.25, -0.2) is 0 Å². The van der Waals surface area contributed by atoms with Crippen LogP contribution in [0.3, 0.4) is 0 Å². The largest absolute Gasteiger partial charge is 0.355 e. The van der Waals surface area contributed by atoms with E-state index in [4.69, 9.17) is 0 Å². The highest BCUT2D eigenvalue weighted by molar-refractivity contribution is 5.93. The Kier molecular flexibility index (Phi) is 5.68. The van der Waals surface area contributed by atoms with Crippen molar-refractivity contribution >= 4 is 11.8 Å². The van der Waals surface area contributed by atoms with Gasteiger partial charge in [-0.15, -0.1) is 0 Å². The summed E-state index contributed by atoms with van der Waals surface area (Å²) >= 11 is 0. The van der Waals surface area contributed by atoms with Gasteiger partial charge in [0.1, 0.15) is 0 Å². The molecular weight excluding hydrogens is 268 g/mol. The van der Waals surface area contributed by atoms with Crippen LogP contribution in [-0.4, -0.2) is 65.9 Å². The first kappa shape index (κ1) is 15.4. The molecule has 1 aromatic rings. The maximum Gasteiger partial charge on any atom is 0.255 e. The van der Waals surface area contributed by atoms with Crippen molar-refractivity contribution < 1.29 is 9.59 Å². The predicted molar refractivity (Wildman–Crippen MR) is 79.9 cm³/mol. The van der Waals surface area contributed by atoms with Crippen LogP contribution < -0.4 is 5.32 Å². The number of hydrogen-bond acceptors (Lipinski definition) is 4. The van der Waals surface area contributed by atoms with Gasteiger partial charge in [-0.1, -0.05) is 6.92 Å². The molecule has 0 bridgehead atoms. The van der Waals surface area contributed by atoms with Crippen LogP contribution in [0.5, 0.6) is 0 Å². The number of hydrogen-bond donors (Lipinski definition) is 1. The number of pyridine rings is 1. The lowest BCUT2D eigenvalue weighted by molar-refractivity contribution is -0.122. The van der Waals surface area contributed by atoms with Crippen molar-refractivity contribution in [3.63, 3.8) is 0 Å². The summed E-state index contributed by atoms with van der Waals surface area (Å²) in [4.78, 5) is 31.8. The third-order valence-electron chi connectivity index (χ3n) is 3.51. The van der Waals surface area contributed by atoms with Gasteiger partial charge in [0, 0.05) is 45.1 Å². The maximum atomic E-state index is 12.3. The van der Waals surface area contributed by atoms with E-state index in [1.165, 1.54) is 0 Å². The first-order valence-corrected chi connectivity index (χ1v) is 7.39. The minimum absolute atomic E-state index is 0.0122. The average Bonchev–Trinajstić information content (AvgIpc) is 2.54. The van der Waals surface area contributed by atoms with Crippen molar-refractivity contribution in [3.8, 4) is 0 Å². The van der Waals surface area contributed by atoms with Crippen LogP contribution in [0.25, 0.3) is 0 Å². The molecule has 1 N–H and O–H groups in total. The lowest BCUT2D eigenvalue weighted by Crippen LogP contribution is -2.51. The summed E-state index contributed by atoms with van der Waals surface area (Å²) in [6.45, 7) is 5.91. The minimum atomic E-state index is 0.0122. The molecule has 0 unspecified atom stereocenters. The number of carbonyl (C=O) groups is 2. The first-order valence-electron chi connectivity index (χ1n) is 7.39. The second-order valence-electron chi connectivity index (χ2n) is 5.16. The van der Waals surface area contributed by atoms with Crippen molar-refractivity contribution in [1.82, 2.24) is 20.1 Å². The predicted octanol–water partition coefficient (Wildman–Crippen LogP) is 0.366. The summed E-state index contributed by atoms with van der Waals surface area (Å²) in [6, 6.07) is 3.54. The third-order valence-corrected chi connectivity index (χ3v) is 3.51. The highest BCUT2D eigenvalue weighted by atomic mass is 16.2. The van der Waals surface area contributed by atoms with E-state index in [0.717, 1.165) is 26.1 Å². The van der Waals surface area contributed by atoms with Gasteiger partial charge in [-0.2, -0.15) is 0 Å². The van der Waals surface area contributed by atoms with E-state index in [9.17, 15) is 9.59 Å². The van der Waals surface area contributed by atoms with E-state index < -0.39 is 0 Å². The van der Waals surface area contributed by atoms with Gasteiger partial charge in [-0.3, -0.25) is 19.5 Å². The van der Waals surface area contributed by atoms with Crippen LogP contribution in [-0.2, 0) is 4.79 Å². The van der Waals surface area contributed by atoms with Gasteiger partial charge in [0.25, 0.3) is 5.91 Å². The Hall–Kier alpha value is -1.95. The summed E-state index contributed by atoms with van der Waals surface area (Å²) in [5, 5.41) is 2.87. The second kappa shape index (κ2) is 7.73. The normalized spacial score (nSPS) is 15.8. The smallest absolute Gasteiger partial charge is 0.255 e. The van der Waals surface area contributed by atoms with Gasteiger partial charge in [0.05, 0.1) is 12.1 Å². The SMILES string of the molecule is CCCNC(=O)CN1CCN(C(=O)c2cccnc2)CC1. The Morgan fingerprint density at radius 1 is 1.29 bits per heavy atom. The molecule has 1 aliphatic heterocycles. The fourth-order valence-corrected chi connectivity index (χ4v) is 2.30. The molecule has 21 heavy (non-hydrogen) atoms. The highest BCUT2D eigenvalue weighted by Gasteiger charge is 2.23. The van der Waals surface area contributed by atoms with E-state index in [0.29, 0.717) is 25.2 Å². The molecule has 1 aromatic heterocycles. The standard InChI is InChI=1S/C15H22N4O2/c1-2-5-17-14(20)12-18-7-9-19(10-8-18)15(21)13-4-3-6-16-11-13/h3-4,6,11H,2,5,7-10,12H2,1H3,(H,17,20). The molecule has 1 fully saturated rings. The fraction of sp³-hybridized carbons (Fsp3) is 0.533. The molecule has 2 amide bonds. The molecule has 6 nitrogen and oxygen atoms in total. The molecule has 2 heterocycles. The first-order chi connectivity index (χ1) is 10.2. The number of rotatable bonds is 5. The van der Waals surface area contributed by atoms with E-state index in [1.54, 1.807) is 24.5 Å². The molecule has 0 aromatic carbocycles. The minimum Gasteiger partial charge on any atom is -0.355 e. The zero-order valence-electron chi connectivity index (χ0n) is 12.4. The van der Waals surface area contributed by atoms with Gasteiger partial charge in [0.15, 0.2) is 0 Å². The van der Waals surface area contributed by atoms with Gasteiger partial charge in [0.2, 0.25) is 5.91 Å². The van der Waals surface area contributed by atoms with Crippen LogP contribution in [0.15, 0.2) is 24.5 Å². The lowest BCUT2D eigenvalue weighted by Gasteiger charge is -2.34. The summed E-state index contributed by atoms with van der Waals surface area (Å²) in [5.74, 6) is 0.0714. The molecule has 6 heteroatoms. The van der Waals surface area contributed by atoms with E-state index in [2.05, 4.69) is 15.2 Å². The Morgan fingerprint density at radius 2 is 2.05 bits per heavy atom. The van der Waals surface area contributed by atoms with Crippen molar-refractivity contribution in [2.24, 2.45) is 0 Å². The molecule has 0 spiro atoms. The second-order valence-corrected chi connectivity index (χ2v) is 5.16. The highest BCUT2D eigenvalue weighted by Crippen LogP contribution is 2.07. The average molecular weight is 290 g/mol. The van der Waals surface area contributed by atoms with Crippen molar-refractivity contribution in [2.75, 3.05) is 39.3 Å². The lowest BCUT2D eigenvalue weighted by atomic mass is 10.2.